The highest BCUT2D eigenvalue weighted by Crippen LogP contribution is 2.27. The summed E-state index contributed by atoms with van der Waals surface area (Å²) in [5.74, 6) is -1.04. The molecule has 160 valence electrons. The first-order chi connectivity index (χ1) is 14.4. The van der Waals surface area contributed by atoms with E-state index in [1.54, 1.807) is 12.1 Å². The highest BCUT2D eigenvalue weighted by atomic mass is 32.2. The lowest BCUT2D eigenvalue weighted by Gasteiger charge is -2.32. The molecule has 0 atom stereocenters. The van der Waals surface area contributed by atoms with Crippen LogP contribution >= 0.6 is 0 Å². The Bertz CT molecular complexity index is 1000. The van der Waals surface area contributed by atoms with E-state index in [0.29, 0.717) is 18.4 Å². The summed E-state index contributed by atoms with van der Waals surface area (Å²) in [5.41, 5.74) is 2.92. The van der Waals surface area contributed by atoms with Crippen LogP contribution in [0.3, 0.4) is 0 Å². The van der Waals surface area contributed by atoms with Crippen molar-refractivity contribution in [2.45, 2.75) is 43.0 Å². The number of nitrogens with one attached hydrogen (secondary N) is 1. The lowest BCUT2D eigenvalue weighted by Crippen LogP contribution is -2.46. The Hall–Kier alpha value is -2.78. The van der Waals surface area contributed by atoms with Gasteiger partial charge in [-0.1, -0.05) is 31.4 Å². The first-order valence-electron chi connectivity index (χ1n) is 9.74. The van der Waals surface area contributed by atoms with Crippen LogP contribution in [-0.2, 0) is 14.8 Å². The minimum absolute atomic E-state index is 0.0504. The number of carbonyl (C=O) groups is 1. The van der Waals surface area contributed by atoms with Crippen LogP contribution in [0, 0.1) is 5.82 Å². The summed E-state index contributed by atoms with van der Waals surface area (Å²) in [6, 6.07) is 10.6. The second kappa shape index (κ2) is 9.82. The average molecular weight is 434 g/mol. The number of nitrogens with zero attached hydrogens (tertiary/aromatic N) is 2. The molecule has 1 aliphatic rings. The van der Waals surface area contributed by atoms with Crippen molar-refractivity contribution in [2.24, 2.45) is 5.10 Å². The third kappa shape index (κ3) is 5.64. The Morgan fingerprint density at radius 2 is 1.87 bits per heavy atom. The van der Waals surface area contributed by atoms with Crippen molar-refractivity contribution in [3.63, 3.8) is 0 Å². The second-order valence-corrected chi connectivity index (χ2v) is 9.07. The fourth-order valence-electron chi connectivity index (χ4n) is 3.48. The number of halogens is 1. The van der Waals surface area contributed by atoms with E-state index in [0.717, 1.165) is 31.4 Å². The molecule has 9 heteroatoms. The normalized spacial score (nSPS) is 15.5. The Morgan fingerprint density at radius 3 is 2.53 bits per heavy atom. The third-order valence-electron chi connectivity index (χ3n) is 4.97. The number of rotatable bonds is 7. The van der Waals surface area contributed by atoms with Gasteiger partial charge in [0.1, 0.15) is 11.6 Å². The van der Waals surface area contributed by atoms with Crippen molar-refractivity contribution < 1.29 is 22.7 Å². The van der Waals surface area contributed by atoms with Gasteiger partial charge in [-0.15, -0.1) is 0 Å². The zero-order valence-electron chi connectivity index (χ0n) is 16.4. The molecular formula is C21H24FN3O4S. The zero-order chi connectivity index (χ0) is 21.6. The Labute approximate surface area is 175 Å². The lowest BCUT2D eigenvalue weighted by atomic mass is 9.95. The smallest absolute Gasteiger partial charge is 0.255 e. The number of aromatic hydroxyl groups is 1. The van der Waals surface area contributed by atoms with Gasteiger partial charge in [0.05, 0.1) is 17.7 Å². The maximum atomic E-state index is 13.2. The van der Waals surface area contributed by atoms with Crippen LogP contribution in [0.5, 0.6) is 5.75 Å². The fraction of sp³-hybridized carbons (Fsp3) is 0.333. The van der Waals surface area contributed by atoms with Gasteiger partial charge in [-0.25, -0.2) is 18.2 Å². The number of hydrazone groups is 1. The van der Waals surface area contributed by atoms with Crippen LogP contribution in [0.1, 0.15) is 37.7 Å². The van der Waals surface area contributed by atoms with Gasteiger partial charge in [-0.3, -0.25) is 4.79 Å². The van der Waals surface area contributed by atoms with Crippen LogP contribution in [-0.4, -0.2) is 42.5 Å². The van der Waals surface area contributed by atoms with Crippen molar-refractivity contribution >= 4 is 22.1 Å². The van der Waals surface area contributed by atoms with Gasteiger partial charge in [0.2, 0.25) is 10.0 Å². The number of sulfonamides is 1. The van der Waals surface area contributed by atoms with Crippen molar-refractivity contribution in [2.75, 3.05) is 6.54 Å². The van der Waals surface area contributed by atoms with Crippen molar-refractivity contribution in [1.29, 1.82) is 0 Å². The van der Waals surface area contributed by atoms with E-state index < -0.39 is 21.7 Å². The van der Waals surface area contributed by atoms with E-state index in [9.17, 15) is 22.7 Å². The Balaban J connectivity index is 1.75. The van der Waals surface area contributed by atoms with Gasteiger partial charge in [-0.2, -0.15) is 9.41 Å². The molecule has 0 unspecified atom stereocenters. The molecule has 0 heterocycles. The topological polar surface area (TPSA) is 99.1 Å². The predicted octanol–water partition coefficient (Wildman–Crippen LogP) is 3.01. The number of benzene rings is 2. The minimum Gasteiger partial charge on any atom is -0.508 e. The summed E-state index contributed by atoms with van der Waals surface area (Å²) in [4.78, 5) is 12.4. The first-order valence-corrected chi connectivity index (χ1v) is 11.2. The number of amides is 1. The van der Waals surface area contributed by atoms with Crippen LogP contribution < -0.4 is 5.43 Å². The third-order valence-corrected chi connectivity index (χ3v) is 6.89. The standard InChI is InChI=1S/C21H24FN3O4S/c22-17-9-11-20(12-10-17)30(28,29)25(18-6-2-1-3-7-18)15-21(27)24-23-14-16-5-4-8-19(26)13-16/h4-5,8-14,18,26H,1-3,6-7,15H2,(H,24,27)/b23-14-. The highest BCUT2D eigenvalue weighted by Gasteiger charge is 2.33. The SMILES string of the molecule is O=C(CN(C1CCCCC1)S(=O)(=O)c1ccc(F)cc1)N/N=C\c1cccc(O)c1. The van der Waals surface area contributed by atoms with E-state index >= 15 is 0 Å². The van der Waals surface area contributed by atoms with Gasteiger partial charge in [0.25, 0.3) is 5.91 Å². The van der Waals surface area contributed by atoms with Gasteiger partial charge < -0.3 is 5.11 Å². The molecule has 2 aromatic carbocycles. The van der Waals surface area contributed by atoms with Crippen molar-refractivity contribution in [1.82, 2.24) is 9.73 Å². The summed E-state index contributed by atoms with van der Waals surface area (Å²) in [6.07, 6.45) is 5.49. The van der Waals surface area contributed by atoms with Gasteiger partial charge >= 0.3 is 0 Å². The quantitative estimate of drug-likeness (QED) is 0.518. The molecule has 0 saturated heterocycles. The number of phenols is 1. The van der Waals surface area contributed by atoms with Crippen LogP contribution in [0.25, 0.3) is 0 Å². The maximum Gasteiger partial charge on any atom is 0.255 e. The average Bonchev–Trinajstić information content (AvgIpc) is 2.73. The van der Waals surface area contributed by atoms with Crippen molar-refractivity contribution in [3.8, 4) is 5.75 Å². The molecule has 0 radical (unpaired) electrons. The Kier molecular flexibility index (Phi) is 7.17. The van der Waals surface area contributed by atoms with E-state index in [2.05, 4.69) is 10.5 Å². The molecule has 30 heavy (non-hydrogen) atoms. The maximum absolute atomic E-state index is 13.2. The molecule has 3 rings (SSSR count). The van der Waals surface area contributed by atoms with Crippen LogP contribution in [0.4, 0.5) is 4.39 Å². The highest BCUT2D eigenvalue weighted by molar-refractivity contribution is 7.89. The minimum atomic E-state index is -3.97. The molecule has 2 N–H and O–H groups in total. The summed E-state index contributed by atoms with van der Waals surface area (Å²) >= 11 is 0. The second-order valence-electron chi connectivity index (χ2n) is 7.18. The molecule has 0 aromatic heterocycles. The summed E-state index contributed by atoms with van der Waals surface area (Å²) in [6.45, 7) is -0.387. The summed E-state index contributed by atoms with van der Waals surface area (Å²) < 4.78 is 40.8. The molecule has 0 spiro atoms. The number of hydrogen-bond acceptors (Lipinski definition) is 5. The predicted molar refractivity (Wildman–Crippen MR) is 111 cm³/mol. The molecule has 1 fully saturated rings. The number of carbonyl (C=O) groups excluding carboxylic acids is 1. The van der Waals surface area contributed by atoms with Gasteiger partial charge in [0, 0.05) is 6.04 Å². The summed E-state index contributed by atoms with van der Waals surface area (Å²) in [7, 11) is -3.97. The van der Waals surface area contributed by atoms with E-state index in [1.807, 2.05) is 0 Å². The van der Waals surface area contributed by atoms with Crippen LogP contribution in [0.15, 0.2) is 58.5 Å². The first kappa shape index (κ1) is 21.9. The molecular weight excluding hydrogens is 409 g/mol. The fourth-order valence-corrected chi connectivity index (χ4v) is 5.12. The van der Waals surface area contributed by atoms with E-state index in [1.165, 1.54) is 34.8 Å². The molecule has 7 nitrogen and oxygen atoms in total. The Morgan fingerprint density at radius 1 is 1.17 bits per heavy atom. The van der Waals surface area contributed by atoms with E-state index in [4.69, 9.17) is 0 Å². The largest absolute Gasteiger partial charge is 0.508 e. The molecule has 0 bridgehead atoms. The lowest BCUT2D eigenvalue weighted by molar-refractivity contribution is -0.121. The van der Waals surface area contributed by atoms with Gasteiger partial charge in [-0.05, 0) is 54.8 Å². The molecule has 1 saturated carbocycles. The number of hydrogen-bond donors (Lipinski definition) is 2. The molecule has 0 aliphatic heterocycles. The van der Waals surface area contributed by atoms with E-state index in [-0.39, 0.29) is 23.2 Å². The van der Waals surface area contributed by atoms with Crippen molar-refractivity contribution in [3.05, 3.63) is 59.9 Å². The zero-order valence-corrected chi connectivity index (χ0v) is 17.2. The summed E-state index contributed by atoms with van der Waals surface area (Å²) in [5, 5.41) is 13.3. The van der Waals surface area contributed by atoms with Crippen LogP contribution in [0.2, 0.25) is 0 Å². The monoisotopic (exact) mass is 433 g/mol. The molecule has 2 aromatic rings. The number of phenolic OH excluding ortho intramolecular Hbond substituents is 1. The molecule has 1 amide bonds. The molecule has 1 aliphatic carbocycles. The van der Waals surface area contributed by atoms with Gasteiger partial charge in [0.15, 0.2) is 0 Å².